The van der Waals surface area contributed by atoms with Gasteiger partial charge in [-0.2, -0.15) is 4.57 Å². The summed E-state index contributed by atoms with van der Waals surface area (Å²) >= 11 is 6.39. The van der Waals surface area contributed by atoms with Crippen molar-refractivity contribution in [3.63, 3.8) is 0 Å². The molecule has 0 N–H and O–H groups in total. The maximum atomic E-state index is 4.67. The van der Waals surface area contributed by atoms with Crippen LogP contribution >= 0.6 is 24.0 Å². The largest absolute Gasteiger partial charge is 0.270 e. The molecular formula is C17H16NS2+. The van der Waals surface area contributed by atoms with E-state index in [-0.39, 0.29) is 0 Å². The molecule has 1 nitrogen and oxygen atoms in total. The molecule has 0 saturated carbocycles. The van der Waals surface area contributed by atoms with E-state index < -0.39 is 0 Å². The summed E-state index contributed by atoms with van der Waals surface area (Å²) in [6, 6.07) is 19.0. The highest BCUT2D eigenvalue weighted by atomic mass is 32.2. The molecule has 20 heavy (non-hydrogen) atoms. The Labute approximate surface area is 129 Å². The van der Waals surface area contributed by atoms with Crippen LogP contribution in [-0.2, 0) is 7.05 Å². The summed E-state index contributed by atoms with van der Waals surface area (Å²) in [4.78, 5) is 0. The zero-order valence-electron chi connectivity index (χ0n) is 11.5. The molecule has 0 radical (unpaired) electrons. The highest BCUT2D eigenvalue weighted by Crippen LogP contribution is 2.34. The van der Waals surface area contributed by atoms with Gasteiger partial charge in [0.2, 0.25) is 5.69 Å². The van der Waals surface area contributed by atoms with Gasteiger partial charge in [0, 0.05) is 5.56 Å². The fourth-order valence-electron chi connectivity index (χ4n) is 2.32. The smallest absolute Gasteiger partial charge is 0.183 e. The van der Waals surface area contributed by atoms with Crippen LogP contribution in [0.3, 0.4) is 0 Å². The van der Waals surface area contributed by atoms with Gasteiger partial charge in [-0.15, -0.1) is 12.6 Å². The summed E-state index contributed by atoms with van der Waals surface area (Å²) in [5.41, 5.74) is 4.90. The first kappa shape index (κ1) is 13.4. The van der Waals surface area contributed by atoms with Crippen LogP contribution in [-0.4, -0.2) is 0 Å². The van der Waals surface area contributed by atoms with Crippen LogP contribution in [0.25, 0.3) is 21.8 Å². The van der Waals surface area contributed by atoms with E-state index in [0.717, 1.165) is 4.21 Å². The molecule has 3 aromatic rings. The van der Waals surface area contributed by atoms with Gasteiger partial charge in [-0.05, 0) is 31.2 Å². The van der Waals surface area contributed by atoms with Crippen molar-refractivity contribution in [1.29, 1.82) is 0 Å². The van der Waals surface area contributed by atoms with Gasteiger partial charge in [0.15, 0.2) is 0 Å². The quantitative estimate of drug-likeness (QED) is 0.524. The molecule has 0 saturated heterocycles. The molecule has 0 aliphatic carbocycles. The van der Waals surface area contributed by atoms with Crippen LogP contribution < -0.4 is 4.57 Å². The number of hydrogen-bond acceptors (Lipinski definition) is 2. The zero-order chi connectivity index (χ0) is 14.1. The Morgan fingerprint density at radius 3 is 2.20 bits per heavy atom. The number of nitrogens with zero attached hydrogens (tertiary/aromatic N) is 1. The summed E-state index contributed by atoms with van der Waals surface area (Å²) in [7, 11) is 2.10. The van der Waals surface area contributed by atoms with Crippen LogP contribution in [0.1, 0.15) is 5.56 Å². The van der Waals surface area contributed by atoms with Crippen LogP contribution in [0.4, 0.5) is 0 Å². The van der Waals surface area contributed by atoms with Crippen molar-refractivity contribution in [3.05, 3.63) is 60.2 Å². The normalized spacial score (nSPS) is 10.8. The van der Waals surface area contributed by atoms with Crippen molar-refractivity contribution in [2.24, 2.45) is 7.05 Å². The minimum absolute atomic E-state index is 1.05. The second kappa shape index (κ2) is 5.43. The van der Waals surface area contributed by atoms with Gasteiger partial charge < -0.3 is 0 Å². The summed E-state index contributed by atoms with van der Waals surface area (Å²) in [6.07, 6.45) is 0. The molecule has 0 aliphatic rings. The van der Waals surface area contributed by atoms with Gasteiger partial charge in [0.25, 0.3) is 5.01 Å². The molecular weight excluding hydrogens is 282 g/mol. The first-order valence-corrected chi connectivity index (χ1v) is 7.77. The molecule has 0 aliphatic heterocycles. The summed E-state index contributed by atoms with van der Waals surface area (Å²) in [5.74, 6) is 0. The first-order chi connectivity index (χ1) is 9.66. The van der Waals surface area contributed by atoms with Crippen molar-refractivity contribution in [3.8, 4) is 21.8 Å². The van der Waals surface area contributed by atoms with E-state index in [4.69, 9.17) is 0 Å². The maximum absolute atomic E-state index is 4.67. The van der Waals surface area contributed by atoms with Gasteiger partial charge in [-0.3, -0.25) is 0 Å². The number of hydrogen-bond donors (Lipinski definition) is 1. The Morgan fingerprint density at radius 2 is 1.55 bits per heavy atom. The van der Waals surface area contributed by atoms with E-state index in [9.17, 15) is 0 Å². The number of thiazole rings is 1. The summed E-state index contributed by atoms with van der Waals surface area (Å²) < 4.78 is 3.28. The Kier molecular flexibility index (Phi) is 3.64. The average molecular weight is 298 g/mol. The monoisotopic (exact) mass is 298 g/mol. The first-order valence-electron chi connectivity index (χ1n) is 6.51. The van der Waals surface area contributed by atoms with Crippen molar-refractivity contribution >= 4 is 24.0 Å². The predicted molar refractivity (Wildman–Crippen MR) is 88.4 cm³/mol. The van der Waals surface area contributed by atoms with Crippen LogP contribution in [0, 0.1) is 6.92 Å². The van der Waals surface area contributed by atoms with Crippen molar-refractivity contribution in [2.75, 3.05) is 0 Å². The lowest BCUT2D eigenvalue weighted by Gasteiger charge is -1.98. The lowest BCUT2D eigenvalue weighted by molar-refractivity contribution is -0.646. The molecule has 0 amide bonds. The van der Waals surface area contributed by atoms with Crippen molar-refractivity contribution in [2.45, 2.75) is 11.1 Å². The molecule has 0 bridgehead atoms. The molecule has 0 atom stereocenters. The highest BCUT2D eigenvalue weighted by Gasteiger charge is 2.24. The lowest BCUT2D eigenvalue weighted by atomic mass is 10.1. The zero-order valence-corrected chi connectivity index (χ0v) is 13.2. The fourth-order valence-corrected chi connectivity index (χ4v) is 3.87. The number of aromatic nitrogens is 1. The topological polar surface area (TPSA) is 3.88 Å². The molecule has 1 heterocycles. The molecule has 3 rings (SSSR count). The van der Waals surface area contributed by atoms with E-state index in [0.29, 0.717) is 0 Å². The number of aryl methyl sites for hydroxylation is 1. The summed E-state index contributed by atoms with van der Waals surface area (Å²) in [6.45, 7) is 2.11. The molecule has 2 aromatic carbocycles. The van der Waals surface area contributed by atoms with Gasteiger partial charge in [-0.25, -0.2) is 0 Å². The van der Waals surface area contributed by atoms with Crippen molar-refractivity contribution < 1.29 is 4.57 Å². The third-order valence-corrected chi connectivity index (χ3v) is 4.96. The van der Waals surface area contributed by atoms with Crippen LogP contribution in [0.2, 0.25) is 0 Å². The second-order valence-electron chi connectivity index (χ2n) is 4.85. The predicted octanol–water partition coefficient (Wildman–Crippen LogP) is 4.50. The Balaban J connectivity index is 2.14. The minimum Gasteiger partial charge on any atom is -0.183 e. The average Bonchev–Trinajstić information content (AvgIpc) is 2.76. The molecule has 100 valence electrons. The maximum Gasteiger partial charge on any atom is 0.270 e. The molecule has 0 unspecified atom stereocenters. The number of thiol groups is 1. The highest BCUT2D eigenvalue weighted by molar-refractivity contribution is 7.83. The van der Waals surface area contributed by atoms with E-state index >= 15 is 0 Å². The third-order valence-electron chi connectivity index (χ3n) is 3.38. The van der Waals surface area contributed by atoms with Gasteiger partial charge in [0.05, 0.1) is 5.56 Å². The van der Waals surface area contributed by atoms with Crippen LogP contribution in [0.5, 0.6) is 0 Å². The lowest BCUT2D eigenvalue weighted by Crippen LogP contribution is -2.30. The Morgan fingerprint density at radius 1 is 0.900 bits per heavy atom. The van der Waals surface area contributed by atoms with E-state index in [1.807, 2.05) is 6.07 Å². The standard InChI is InChI=1S/C17H15NS2/c1-12-8-10-14(11-9-12)16-18(2)15(17(19)20-16)13-6-4-3-5-7-13/h3-11H,1-2H3/p+1. The SMILES string of the molecule is Cc1ccc(-c2sc(S)c(-c3ccccc3)[n+]2C)cc1. The summed E-state index contributed by atoms with van der Waals surface area (Å²) in [5, 5.41) is 1.23. The Hall–Kier alpha value is -1.58. The van der Waals surface area contributed by atoms with Crippen LogP contribution in [0.15, 0.2) is 58.8 Å². The number of benzene rings is 2. The fraction of sp³-hybridized carbons (Fsp3) is 0.118. The Bertz CT molecular complexity index is 728. The van der Waals surface area contributed by atoms with Gasteiger partial charge in [-0.1, -0.05) is 47.2 Å². The van der Waals surface area contributed by atoms with E-state index in [1.165, 1.54) is 27.4 Å². The minimum atomic E-state index is 1.05. The molecule has 0 fully saturated rings. The van der Waals surface area contributed by atoms with Crippen molar-refractivity contribution in [1.82, 2.24) is 0 Å². The molecule has 0 spiro atoms. The van der Waals surface area contributed by atoms with E-state index in [1.54, 1.807) is 11.3 Å². The second-order valence-corrected chi connectivity index (χ2v) is 6.60. The third kappa shape index (κ3) is 2.39. The van der Waals surface area contributed by atoms with Gasteiger partial charge in [0.1, 0.15) is 11.3 Å². The van der Waals surface area contributed by atoms with Gasteiger partial charge >= 0.3 is 0 Å². The number of rotatable bonds is 2. The molecule has 3 heteroatoms. The molecule has 1 aromatic heterocycles. The van der Waals surface area contributed by atoms with E-state index in [2.05, 4.69) is 79.7 Å².